The molecule has 4 nitrogen and oxygen atoms in total. The van der Waals surface area contributed by atoms with E-state index in [1.807, 2.05) is 37.3 Å². The SMILES string of the molecule is Cc1cc(Br)ccc1SCC(=O)Nc1ccc(NC(=O)C2CC2)cc1. The highest BCUT2D eigenvalue weighted by Gasteiger charge is 2.29. The molecule has 25 heavy (non-hydrogen) atoms. The van der Waals surface area contributed by atoms with Gasteiger partial charge in [-0.1, -0.05) is 15.9 Å². The molecule has 130 valence electrons. The molecule has 2 amide bonds. The van der Waals surface area contributed by atoms with E-state index in [4.69, 9.17) is 0 Å². The Morgan fingerprint density at radius 1 is 1.08 bits per heavy atom. The third-order valence-electron chi connectivity index (χ3n) is 3.88. The van der Waals surface area contributed by atoms with Crippen molar-refractivity contribution in [3.63, 3.8) is 0 Å². The fourth-order valence-electron chi connectivity index (χ4n) is 2.34. The molecule has 0 radical (unpaired) electrons. The highest BCUT2D eigenvalue weighted by molar-refractivity contribution is 9.10. The molecule has 2 aromatic rings. The first-order chi connectivity index (χ1) is 12.0. The fourth-order valence-corrected chi connectivity index (χ4v) is 3.63. The number of nitrogens with one attached hydrogen (secondary N) is 2. The van der Waals surface area contributed by atoms with Crippen LogP contribution in [0.4, 0.5) is 11.4 Å². The van der Waals surface area contributed by atoms with Gasteiger partial charge in [-0.2, -0.15) is 0 Å². The molecule has 0 spiro atoms. The Hall–Kier alpha value is -1.79. The number of carbonyl (C=O) groups excluding carboxylic acids is 2. The van der Waals surface area contributed by atoms with Crippen LogP contribution in [0.3, 0.4) is 0 Å². The van der Waals surface area contributed by atoms with Crippen LogP contribution in [0.25, 0.3) is 0 Å². The van der Waals surface area contributed by atoms with Gasteiger partial charge >= 0.3 is 0 Å². The van der Waals surface area contributed by atoms with Crippen molar-refractivity contribution in [2.75, 3.05) is 16.4 Å². The second kappa shape index (κ2) is 8.06. The number of amides is 2. The van der Waals surface area contributed by atoms with Crippen molar-refractivity contribution in [2.24, 2.45) is 5.92 Å². The van der Waals surface area contributed by atoms with Crippen LogP contribution in [0.1, 0.15) is 18.4 Å². The van der Waals surface area contributed by atoms with Crippen molar-refractivity contribution in [3.05, 3.63) is 52.5 Å². The lowest BCUT2D eigenvalue weighted by Crippen LogP contribution is -2.15. The third-order valence-corrected chi connectivity index (χ3v) is 5.55. The number of anilines is 2. The van der Waals surface area contributed by atoms with E-state index < -0.39 is 0 Å². The first kappa shape index (κ1) is 18.0. The molecule has 0 saturated heterocycles. The predicted octanol–water partition coefficient (Wildman–Crippen LogP) is 4.84. The van der Waals surface area contributed by atoms with Crippen LogP contribution >= 0.6 is 27.7 Å². The summed E-state index contributed by atoms with van der Waals surface area (Å²) in [4.78, 5) is 24.9. The van der Waals surface area contributed by atoms with Gasteiger partial charge in [0.2, 0.25) is 11.8 Å². The standard InChI is InChI=1S/C19H19BrN2O2S/c1-12-10-14(20)4-9-17(12)25-11-18(23)21-15-5-7-16(8-6-15)22-19(24)13-2-3-13/h4-10,13H,2-3,11H2,1H3,(H,21,23)(H,22,24). The van der Waals surface area contributed by atoms with Gasteiger partial charge < -0.3 is 10.6 Å². The van der Waals surface area contributed by atoms with E-state index in [1.54, 1.807) is 12.1 Å². The Kier molecular flexibility index (Phi) is 5.81. The van der Waals surface area contributed by atoms with E-state index >= 15 is 0 Å². The van der Waals surface area contributed by atoms with Gasteiger partial charge in [-0.3, -0.25) is 9.59 Å². The van der Waals surface area contributed by atoms with Crippen LogP contribution < -0.4 is 10.6 Å². The molecule has 3 rings (SSSR count). The maximum absolute atomic E-state index is 12.1. The van der Waals surface area contributed by atoms with Crippen molar-refractivity contribution in [3.8, 4) is 0 Å². The van der Waals surface area contributed by atoms with Crippen LogP contribution in [0, 0.1) is 12.8 Å². The minimum Gasteiger partial charge on any atom is -0.326 e. The average Bonchev–Trinajstić information content (AvgIpc) is 3.41. The van der Waals surface area contributed by atoms with Crippen LogP contribution in [0.5, 0.6) is 0 Å². The van der Waals surface area contributed by atoms with Crippen molar-refractivity contribution in [1.29, 1.82) is 0 Å². The summed E-state index contributed by atoms with van der Waals surface area (Å²) in [5.41, 5.74) is 2.63. The topological polar surface area (TPSA) is 58.2 Å². The number of aryl methyl sites for hydroxylation is 1. The number of rotatable bonds is 6. The van der Waals surface area contributed by atoms with Gasteiger partial charge in [-0.15, -0.1) is 11.8 Å². The minimum absolute atomic E-state index is 0.0536. The Bertz CT molecular complexity index is 789. The van der Waals surface area contributed by atoms with E-state index in [0.717, 1.165) is 39.1 Å². The molecule has 2 aromatic carbocycles. The average molecular weight is 419 g/mol. The molecular weight excluding hydrogens is 400 g/mol. The summed E-state index contributed by atoms with van der Waals surface area (Å²) < 4.78 is 1.03. The van der Waals surface area contributed by atoms with Crippen molar-refractivity contribution in [1.82, 2.24) is 0 Å². The summed E-state index contributed by atoms with van der Waals surface area (Å²) in [6, 6.07) is 13.2. The monoisotopic (exact) mass is 418 g/mol. The molecule has 0 heterocycles. The zero-order valence-electron chi connectivity index (χ0n) is 13.8. The molecule has 6 heteroatoms. The lowest BCUT2D eigenvalue weighted by Gasteiger charge is -2.09. The summed E-state index contributed by atoms with van der Waals surface area (Å²) in [6.07, 6.45) is 1.96. The van der Waals surface area contributed by atoms with E-state index in [-0.39, 0.29) is 17.7 Å². The number of benzene rings is 2. The molecule has 1 aliphatic rings. The number of hydrogen-bond acceptors (Lipinski definition) is 3. The number of carbonyl (C=O) groups is 2. The lowest BCUT2D eigenvalue weighted by molar-refractivity contribution is -0.117. The molecular formula is C19H19BrN2O2S. The second-order valence-electron chi connectivity index (χ2n) is 6.09. The maximum atomic E-state index is 12.1. The maximum Gasteiger partial charge on any atom is 0.234 e. The Labute approximate surface area is 159 Å². The van der Waals surface area contributed by atoms with E-state index in [1.165, 1.54) is 11.8 Å². The van der Waals surface area contributed by atoms with Gasteiger partial charge in [-0.25, -0.2) is 0 Å². The van der Waals surface area contributed by atoms with Gasteiger partial charge in [0.1, 0.15) is 0 Å². The van der Waals surface area contributed by atoms with Crippen LogP contribution in [0.15, 0.2) is 51.8 Å². The molecule has 0 aliphatic heterocycles. The van der Waals surface area contributed by atoms with Crippen LogP contribution in [0.2, 0.25) is 0 Å². The Balaban J connectivity index is 1.49. The largest absolute Gasteiger partial charge is 0.326 e. The highest BCUT2D eigenvalue weighted by atomic mass is 79.9. The normalized spacial score (nSPS) is 13.4. The van der Waals surface area contributed by atoms with Gasteiger partial charge in [0.15, 0.2) is 0 Å². The van der Waals surface area contributed by atoms with Gasteiger partial charge in [0.25, 0.3) is 0 Å². The fraction of sp³-hybridized carbons (Fsp3) is 0.263. The van der Waals surface area contributed by atoms with Gasteiger partial charge in [0.05, 0.1) is 5.75 Å². The quantitative estimate of drug-likeness (QED) is 0.659. The molecule has 1 saturated carbocycles. The molecule has 0 aromatic heterocycles. The summed E-state index contributed by atoms with van der Waals surface area (Å²) >= 11 is 4.95. The van der Waals surface area contributed by atoms with E-state index in [2.05, 4.69) is 26.6 Å². The zero-order chi connectivity index (χ0) is 17.8. The summed E-state index contributed by atoms with van der Waals surface area (Å²) in [7, 11) is 0. The van der Waals surface area contributed by atoms with E-state index in [9.17, 15) is 9.59 Å². The van der Waals surface area contributed by atoms with Crippen LogP contribution in [-0.2, 0) is 9.59 Å². The Morgan fingerprint density at radius 3 is 2.32 bits per heavy atom. The summed E-state index contributed by atoms with van der Waals surface area (Å²) in [5.74, 6) is 0.557. The molecule has 0 bridgehead atoms. The smallest absolute Gasteiger partial charge is 0.234 e. The molecule has 1 fully saturated rings. The van der Waals surface area contributed by atoms with Crippen LogP contribution in [-0.4, -0.2) is 17.6 Å². The highest BCUT2D eigenvalue weighted by Crippen LogP contribution is 2.30. The molecule has 1 aliphatic carbocycles. The zero-order valence-corrected chi connectivity index (χ0v) is 16.2. The second-order valence-corrected chi connectivity index (χ2v) is 8.02. The van der Waals surface area contributed by atoms with Crippen molar-refractivity contribution < 1.29 is 9.59 Å². The predicted molar refractivity (Wildman–Crippen MR) is 106 cm³/mol. The molecule has 2 N–H and O–H groups in total. The third kappa shape index (κ3) is 5.34. The first-order valence-corrected chi connectivity index (χ1v) is 9.89. The number of hydrogen-bond donors (Lipinski definition) is 2. The molecule has 0 atom stereocenters. The first-order valence-electron chi connectivity index (χ1n) is 8.11. The lowest BCUT2D eigenvalue weighted by atomic mass is 10.2. The Morgan fingerprint density at radius 2 is 1.72 bits per heavy atom. The van der Waals surface area contributed by atoms with Gasteiger partial charge in [0, 0.05) is 26.7 Å². The van der Waals surface area contributed by atoms with Gasteiger partial charge in [-0.05, 0) is 67.8 Å². The number of halogens is 1. The molecule has 0 unspecified atom stereocenters. The minimum atomic E-state index is -0.0536. The van der Waals surface area contributed by atoms with E-state index in [0.29, 0.717) is 5.75 Å². The van der Waals surface area contributed by atoms with Crippen molar-refractivity contribution in [2.45, 2.75) is 24.7 Å². The summed E-state index contributed by atoms with van der Waals surface area (Å²) in [6.45, 7) is 2.03. The van der Waals surface area contributed by atoms with Crippen molar-refractivity contribution >= 4 is 50.9 Å². The number of thioether (sulfide) groups is 1. The summed E-state index contributed by atoms with van der Waals surface area (Å²) in [5, 5.41) is 5.76.